The monoisotopic (exact) mass is 376 g/mol. The van der Waals surface area contributed by atoms with Gasteiger partial charge in [0.2, 0.25) is 11.8 Å². The van der Waals surface area contributed by atoms with Crippen LogP contribution in [-0.2, 0) is 9.59 Å². The van der Waals surface area contributed by atoms with E-state index in [1.54, 1.807) is 0 Å². The summed E-state index contributed by atoms with van der Waals surface area (Å²) in [6, 6.07) is 10.5. The van der Waals surface area contributed by atoms with Crippen LogP contribution >= 0.6 is 11.8 Å². The second kappa shape index (κ2) is 7.96. The van der Waals surface area contributed by atoms with Crippen LogP contribution in [0.25, 0.3) is 11.0 Å². The molecule has 134 valence electrons. The zero-order valence-corrected chi connectivity index (χ0v) is 14.2. The van der Waals surface area contributed by atoms with Crippen molar-refractivity contribution in [2.45, 2.75) is 5.16 Å². The molecule has 1 heterocycles. The molecule has 0 fully saturated rings. The highest BCUT2D eigenvalue weighted by molar-refractivity contribution is 7.99. The van der Waals surface area contributed by atoms with Crippen molar-refractivity contribution in [1.29, 1.82) is 0 Å². The summed E-state index contributed by atoms with van der Waals surface area (Å²) in [5.74, 6) is -2.87. The Morgan fingerprint density at radius 1 is 1.08 bits per heavy atom. The van der Waals surface area contributed by atoms with Gasteiger partial charge in [0.25, 0.3) is 0 Å². The fourth-order valence-electron chi connectivity index (χ4n) is 2.14. The molecule has 3 aromatic rings. The Bertz CT molecular complexity index is 928. The number of anilines is 1. The van der Waals surface area contributed by atoms with E-state index in [1.807, 2.05) is 24.3 Å². The number of hydrogen-bond donors (Lipinski definition) is 3. The zero-order chi connectivity index (χ0) is 18.5. The molecule has 0 aliphatic carbocycles. The summed E-state index contributed by atoms with van der Waals surface area (Å²) in [4.78, 5) is 31.0. The van der Waals surface area contributed by atoms with Crippen molar-refractivity contribution in [3.63, 3.8) is 0 Å². The number of thioether (sulfide) groups is 1. The van der Waals surface area contributed by atoms with Gasteiger partial charge in [-0.15, -0.1) is 0 Å². The molecule has 1 aromatic heterocycles. The number of carbonyl (C=O) groups is 2. The topological polar surface area (TPSA) is 86.9 Å². The highest BCUT2D eigenvalue weighted by Gasteiger charge is 2.10. The summed E-state index contributed by atoms with van der Waals surface area (Å²) in [5.41, 5.74) is 1.79. The number of amides is 2. The van der Waals surface area contributed by atoms with Gasteiger partial charge in [-0.1, -0.05) is 23.9 Å². The van der Waals surface area contributed by atoms with E-state index >= 15 is 0 Å². The molecule has 0 spiro atoms. The maximum absolute atomic E-state index is 13.1. The Labute approximate surface area is 151 Å². The first-order valence-corrected chi connectivity index (χ1v) is 8.59. The van der Waals surface area contributed by atoms with E-state index in [-0.39, 0.29) is 23.9 Å². The van der Waals surface area contributed by atoms with E-state index in [9.17, 15) is 18.4 Å². The number of rotatable bonds is 6. The lowest BCUT2D eigenvalue weighted by molar-refractivity contribution is -0.122. The lowest BCUT2D eigenvalue weighted by Gasteiger charge is -2.07. The Hall–Kier alpha value is -2.94. The second-order valence-electron chi connectivity index (χ2n) is 5.30. The minimum Gasteiger partial charge on any atom is -0.346 e. The molecule has 0 aliphatic heterocycles. The molecule has 0 radical (unpaired) electrons. The second-order valence-corrected chi connectivity index (χ2v) is 6.27. The summed E-state index contributed by atoms with van der Waals surface area (Å²) in [6.45, 7) is -0.279. The highest BCUT2D eigenvalue weighted by atomic mass is 32.2. The molecular formula is C17H14F2N4O2S. The lowest BCUT2D eigenvalue weighted by Crippen LogP contribution is -2.33. The summed E-state index contributed by atoms with van der Waals surface area (Å²) < 4.78 is 25.9. The van der Waals surface area contributed by atoms with E-state index in [1.165, 1.54) is 17.8 Å². The summed E-state index contributed by atoms with van der Waals surface area (Å²) >= 11 is 1.21. The summed E-state index contributed by atoms with van der Waals surface area (Å²) in [7, 11) is 0. The Balaban J connectivity index is 1.44. The van der Waals surface area contributed by atoms with Gasteiger partial charge in [-0.3, -0.25) is 9.59 Å². The Morgan fingerprint density at radius 3 is 2.65 bits per heavy atom. The van der Waals surface area contributed by atoms with Gasteiger partial charge in [0.05, 0.1) is 23.3 Å². The van der Waals surface area contributed by atoms with Gasteiger partial charge in [0.15, 0.2) is 16.8 Å². The molecule has 3 N–H and O–H groups in total. The van der Waals surface area contributed by atoms with Crippen LogP contribution in [0.5, 0.6) is 0 Å². The third kappa shape index (κ3) is 4.57. The fraction of sp³-hybridized carbons (Fsp3) is 0.118. The molecule has 0 saturated heterocycles. The van der Waals surface area contributed by atoms with E-state index in [2.05, 4.69) is 20.6 Å². The quantitative estimate of drug-likeness (QED) is 0.578. The standard InChI is InChI=1S/C17H14F2N4O2S/c18-11-6-5-10(7-12(11)19)21-15(24)8-20-16(25)9-26-17-22-13-3-1-2-4-14(13)23-17/h1-7H,8-9H2,(H,20,25)(H,21,24)(H,22,23). The average Bonchev–Trinajstić information content (AvgIpc) is 3.04. The molecule has 3 rings (SSSR count). The minimum atomic E-state index is -1.06. The van der Waals surface area contributed by atoms with Crippen LogP contribution < -0.4 is 10.6 Å². The lowest BCUT2D eigenvalue weighted by atomic mass is 10.3. The van der Waals surface area contributed by atoms with Gasteiger partial charge in [0, 0.05) is 11.8 Å². The number of aromatic nitrogens is 2. The number of nitrogens with one attached hydrogen (secondary N) is 3. The van der Waals surface area contributed by atoms with Crippen molar-refractivity contribution in [2.75, 3.05) is 17.6 Å². The third-order valence-corrected chi connectivity index (χ3v) is 4.23. The van der Waals surface area contributed by atoms with Crippen LogP contribution in [0.4, 0.5) is 14.5 Å². The van der Waals surface area contributed by atoms with Crippen LogP contribution in [0.2, 0.25) is 0 Å². The molecule has 0 bridgehead atoms. The molecule has 0 aliphatic rings. The summed E-state index contributed by atoms with van der Waals surface area (Å²) in [5, 5.41) is 5.43. The van der Waals surface area contributed by atoms with E-state index in [4.69, 9.17) is 0 Å². The van der Waals surface area contributed by atoms with E-state index in [0.717, 1.165) is 23.2 Å². The van der Waals surface area contributed by atoms with Gasteiger partial charge < -0.3 is 15.6 Å². The number of aromatic amines is 1. The van der Waals surface area contributed by atoms with Crippen molar-refractivity contribution in [3.05, 3.63) is 54.1 Å². The van der Waals surface area contributed by atoms with Crippen LogP contribution in [0.15, 0.2) is 47.6 Å². The summed E-state index contributed by atoms with van der Waals surface area (Å²) in [6.07, 6.45) is 0. The van der Waals surface area contributed by atoms with Crippen molar-refractivity contribution >= 4 is 40.3 Å². The molecular weight excluding hydrogens is 362 g/mol. The smallest absolute Gasteiger partial charge is 0.243 e. The maximum atomic E-state index is 13.1. The molecule has 26 heavy (non-hydrogen) atoms. The molecule has 9 heteroatoms. The highest BCUT2D eigenvalue weighted by Crippen LogP contribution is 2.18. The van der Waals surface area contributed by atoms with Crippen molar-refractivity contribution in [3.8, 4) is 0 Å². The first-order valence-electron chi connectivity index (χ1n) is 7.60. The van der Waals surface area contributed by atoms with Gasteiger partial charge in [0.1, 0.15) is 0 Å². The number of hydrogen-bond acceptors (Lipinski definition) is 4. The Kier molecular flexibility index (Phi) is 5.47. The average molecular weight is 376 g/mol. The molecule has 0 saturated carbocycles. The van der Waals surface area contributed by atoms with Gasteiger partial charge in [-0.25, -0.2) is 13.8 Å². The molecule has 0 atom stereocenters. The Morgan fingerprint density at radius 2 is 1.88 bits per heavy atom. The van der Waals surface area contributed by atoms with Crippen LogP contribution in [0, 0.1) is 11.6 Å². The van der Waals surface area contributed by atoms with Gasteiger partial charge in [-0.2, -0.15) is 0 Å². The van der Waals surface area contributed by atoms with Crippen molar-refractivity contribution in [2.24, 2.45) is 0 Å². The normalized spacial score (nSPS) is 10.7. The number of imidazole rings is 1. The fourth-order valence-corrected chi connectivity index (χ4v) is 2.86. The number of fused-ring (bicyclic) bond motifs is 1. The third-order valence-electron chi connectivity index (χ3n) is 3.36. The molecule has 2 amide bonds. The van der Waals surface area contributed by atoms with Crippen LogP contribution in [0.3, 0.4) is 0 Å². The van der Waals surface area contributed by atoms with Crippen LogP contribution in [-0.4, -0.2) is 34.1 Å². The van der Waals surface area contributed by atoms with Gasteiger partial charge in [-0.05, 0) is 24.3 Å². The first kappa shape index (κ1) is 17.9. The number of nitrogens with zero attached hydrogens (tertiary/aromatic N) is 1. The SMILES string of the molecule is O=C(CSc1nc2ccccc2[nH]1)NCC(=O)Nc1ccc(F)c(F)c1. The van der Waals surface area contributed by atoms with E-state index in [0.29, 0.717) is 5.16 Å². The maximum Gasteiger partial charge on any atom is 0.243 e. The number of H-pyrrole nitrogens is 1. The number of carbonyl (C=O) groups excluding carboxylic acids is 2. The predicted molar refractivity (Wildman–Crippen MR) is 94.8 cm³/mol. The first-order chi connectivity index (χ1) is 12.5. The molecule has 2 aromatic carbocycles. The van der Waals surface area contributed by atoms with Crippen LogP contribution in [0.1, 0.15) is 0 Å². The minimum absolute atomic E-state index is 0.0816. The zero-order valence-electron chi connectivity index (χ0n) is 13.4. The van der Waals surface area contributed by atoms with Crippen molar-refractivity contribution in [1.82, 2.24) is 15.3 Å². The van der Waals surface area contributed by atoms with Crippen molar-refractivity contribution < 1.29 is 18.4 Å². The molecule has 0 unspecified atom stereocenters. The van der Waals surface area contributed by atoms with Gasteiger partial charge >= 0.3 is 0 Å². The number of benzene rings is 2. The molecule has 6 nitrogen and oxygen atoms in total. The number of halogens is 2. The largest absolute Gasteiger partial charge is 0.346 e. The predicted octanol–water partition coefficient (Wildman–Crippen LogP) is 2.69. The van der Waals surface area contributed by atoms with E-state index < -0.39 is 17.5 Å². The number of para-hydroxylation sites is 2.